The Morgan fingerprint density at radius 1 is 1.17 bits per heavy atom. The van der Waals surface area contributed by atoms with Crippen LogP contribution in [-0.4, -0.2) is 22.6 Å². The molecule has 1 atom stereocenters. The Morgan fingerprint density at radius 3 is 2.52 bits per heavy atom. The minimum absolute atomic E-state index is 0.232. The molecule has 1 unspecified atom stereocenters. The van der Waals surface area contributed by atoms with Crippen molar-refractivity contribution in [2.24, 2.45) is 0 Å². The minimum atomic E-state index is -4.54. The summed E-state index contributed by atoms with van der Waals surface area (Å²) in [6.07, 6.45) is -3.15. The normalized spacial score (nSPS) is 12.6. The van der Waals surface area contributed by atoms with Gasteiger partial charge in [-0.1, -0.05) is 11.6 Å². The first kappa shape index (κ1) is 21.8. The molecule has 1 aromatic heterocycles. The average molecular weight is 460 g/mol. The number of aliphatic hydroxyl groups is 1. The van der Waals surface area contributed by atoms with E-state index in [1.807, 2.05) is 30.5 Å². The van der Waals surface area contributed by atoms with Gasteiger partial charge >= 0.3 is 6.18 Å². The molecule has 2 aromatic carbocycles. The van der Waals surface area contributed by atoms with Gasteiger partial charge in [0.2, 0.25) is 0 Å². The first-order valence-corrected chi connectivity index (χ1v) is 10.9. The predicted molar refractivity (Wildman–Crippen MR) is 113 cm³/mol. The molecule has 4 nitrogen and oxygen atoms in total. The van der Waals surface area contributed by atoms with Gasteiger partial charge in [-0.15, -0.1) is 23.1 Å². The van der Waals surface area contributed by atoms with Crippen molar-refractivity contribution in [3.8, 4) is 0 Å². The Bertz CT molecular complexity index is 964. The van der Waals surface area contributed by atoms with E-state index in [1.165, 1.54) is 23.5 Å². The summed E-state index contributed by atoms with van der Waals surface area (Å²) in [6, 6.07) is 11.2. The zero-order valence-electron chi connectivity index (χ0n) is 15.1. The fraction of sp³-hybridized carbons (Fsp3) is 0.211. The number of thioether (sulfide) groups is 1. The van der Waals surface area contributed by atoms with Gasteiger partial charge in [0, 0.05) is 28.1 Å². The number of thiazole rings is 1. The van der Waals surface area contributed by atoms with Crippen LogP contribution in [0.1, 0.15) is 11.3 Å². The summed E-state index contributed by atoms with van der Waals surface area (Å²) in [6.45, 7) is 0. The van der Waals surface area contributed by atoms with E-state index in [9.17, 15) is 18.3 Å². The molecule has 0 spiro atoms. The second-order valence-electron chi connectivity index (χ2n) is 6.05. The molecular formula is C19H17ClF3N3OS2. The van der Waals surface area contributed by atoms with Crippen molar-refractivity contribution in [1.82, 2.24) is 4.98 Å². The average Bonchev–Trinajstić information content (AvgIpc) is 3.09. The Hall–Kier alpha value is -1.94. The Balaban J connectivity index is 1.62. The molecule has 10 heteroatoms. The topological polar surface area (TPSA) is 57.2 Å². The van der Waals surface area contributed by atoms with Gasteiger partial charge in [0.1, 0.15) is 6.23 Å². The Morgan fingerprint density at radius 2 is 1.86 bits per heavy atom. The third kappa shape index (κ3) is 6.02. The van der Waals surface area contributed by atoms with Crippen LogP contribution in [0.25, 0.3) is 0 Å². The van der Waals surface area contributed by atoms with Gasteiger partial charge < -0.3 is 15.7 Å². The molecule has 1 heterocycles. The van der Waals surface area contributed by atoms with Crippen LogP contribution < -0.4 is 10.6 Å². The molecule has 3 rings (SSSR count). The lowest BCUT2D eigenvalue weighted by atomic mass is 10.2. The van der Waals surface area contributed by atoms with Gasteiger partial charge in [0.15, 0.2) is 5.13 Å². The Kier molecular flexibility index (Phi) is 6.94. The Labute approximate surface area is 179 Å². The lowest BCUT2D eigenvalue weighted by Crippen LogP contribution is -2.21. The fourth-order valence-corrected chi connectivity index (χ4v) is 3.91. The van der Waals surface area contributed by atoms with Crippen LogP contribution in [0.5, 0.6) is 0 Å². The third-order valence-corrected chi connectivity index (χ3v) is 5.78. The standard InChI is InChI=1S/C19H17ClF3N3OS2/c1-28-14-5-2-11(3-6-14)24-17(27)9-13-10-29-18(26-13)25-12-4-7-16(20)15(8-12)19(21,22)23/h2-8,10,17,24,27H,9H2,1H3,(H,25,26). The number of nitrogens with one attached hydrogen (secondary N) is 2. The minimum Gasteiger partial charge on any atom is -0.373 e. The molecular weight excluding hydrogens is 443 g/mol. The van der Waals surface area contributed by atoms with Gasteiger partial charge in [-0.3, -0.25) is 0 Å². The van der Waals surface area contributed by atoms with E-state index in [1.54, 1.807) is 17.1 Å². The monoisotopic (exact) mass is 459 g/mol. The number of alkyl halides is 3. The van der Waals surface area contributed by atoms with E-state index in [-0.39, 0.29) is 17.1 Å². The molecule has 0 aliphatic rings. The maximum Gasteiger partial charge on any atom is 0.417 e. The number of hydrogen-bond acceptors (Lipinski definition) is 6. The second-order valence-corrected chi connectivity index (χ2v) is 8.20. The number of rotatable bonds is 7. The summed E-state index contributed by atoms with van der Waals surface area (Å²) < 4.78 is 38.9. The van der Waals surface area contributed by atoms with Gasteiger partial charge in [-0.05, 0) is 48.7 Å². The first-order valence-electron chi connectivity index (χ1n) is 8.41. The number of halogens is 4. The maximum atomic E-state index is 13.0. The molecule has 0 fully saturated rings. The van der Waals surface area contributed by atoms with Crippen molar-refractivity contribution in [2.75, 3.05) is 16.9 Å². The summed E-state index contributed by atoms with van der Waals surface area (Å²) in [4.78, 5) is 5.44. The molecule has 3 aromatic rings. The number of anilines is 3. The van der Waals surface area contributed by atoms with Crippen LogP contribution in [0.15, 0.2) is 52.7 Å². The van der Waals surface area contributed by atoms with Gasteiger partial charge in [0.05, 0.1) is 16.3 Å². The lowest BCUT2D eigenvalue weighted by molar-refractivity contribution is -0.137. The van der Waals surface area contributed by atoms with Crippen LogP contribution >= 0.6 is 34.7 Å². The molecule has 0 aliphatic heterocycles. The molecule has 0 saturated heterocycles. The number of aromatic nitrogens is 1. The van der Waals surface area contributed by atoms with Crippen LogP contribution in [0.4, 0.5) is 29.7 Å². The van der Waals surface area contributed by atoms with Crippen LogP contribution in [-0.2, 0) is 12.6 Å². The molecule has 0 saturated carbocycles. The molecule has 3 N–H and O–H groups in total. The summed E-state index contributed by atoms with van der Waals surface area (Å²) >= 11 is 8.50. The number of nitrogens with zero attached hydrogens (tertiary/aromatic N) is 1. The number of benzene rings is 2. The largest absolute Gasteiger partial charge is 0.417 e. The second kappa shape index (κ2) is 9.25. The van der Waals surface area contributed by atoms with E-state index in [4.69, 9.17) is 11.6 Å². The van der Waals surface area contributed by atoms with Crippen molar-refractivity contribution >= 4 is 51.2 Å². The molecule has 29 heavy (non-hydrogen) atoms. The summed E-state index contributed by atoms with van der Waals surface area (Å²) in [5, 5.41) is 17.9. The summed E-state index contributed by atoms with van der Waals surface area (Å²) in [5.41, 5.74) is 0.719. The lowest BCUT2D eigenvalue weighted by Gasteiger charge is -2.13. The highest BCUT2D eigenvalue weighted by Gasteiger charge is 2.33. The number of hydrogen-bond donors (Lipinski definition) is 3. The zero-order chi connectivity index (χ0) is 21.0. The van der Waals surface area contributed by atoms with Crippen molar-refractivity contribution < 1.29 is 18.3 Å². The van der Waals surface area contributed by atoms with E-state index in [0.717, 1.165) is 16.6 Å². The summed E-state index contributed by atoms with van der Waals surface area (Å²) in [5.74, 6) is 0. The predicted octanol–water partition coefficient (Wildman–Crippen LogP) is 6.25. The van der Waals surface area contributed by atoms with Gasteiger partial charge in [-0.2, -0.15) is 13.2 Å². The van der Waals surface area contributed by atoms with Crippen LogP contribution in [0, 0.1) is 0 Å². The van der Waals surface area contributed by atoms with Gasteiger partial charge in [0.25, 0.3) is 0 Å². The highest BCUT2D eigenvalue weighted by Crippen LogP contribution is 2.37. The van der Waals surface area contributed by atoms with E-state index in [2.05, 4.69) is 15.6 Å². The highest BCUT2D eigenvalue weighted by molar-refractivity contribution is 7.98. The van der Waals surface area contributed by atoms with E-state index in [0.29, 0.717) is 10.8 Å². The maximum absolute atomic E-state index is 13.0. The van der Waals surface area contributed by atoms with Gasteiger partial charge in [-0.25, -0.2) is 4.98 Å². The van der Waals surface area contributed by atoms with Crippen LogP contribution in [0.2, 0.25) is 5.02 Å². The molecule has 0 bridgehead atoms. The third-order valence-electron chi connectivity index (χ3n) is 3.90. The smallest absolute Gasteiger partial charge is 0.373 e. The summed E-state index contributed by atoms with van der Waals surface area (Å²) in [7, 11) is 0. The SMILES string of the molecule is CSc1ccc(NC(O)Cc2csc(Nc3ccc(Cl)c(C(F)(F)F)c3)n2)cc1. The fourth-order valence-electron chi connectivity index (χ4n) is 2.53. The molecule has 0 aliphatic carbocycles. The van der Waals surface area contributed by atoms with Crippen molar-refractivity contribution in [1.29, 1.82) is 0 Å². The number of aliphatic hydroxyl groups excluding tert-OH is 1. The van der Waals surface area contributed by atoms with Crippen molar-refractivity contribution in [3.63, 3.8) is 0 Å². The highest BCUT2D eigenvalue weighted by atomic mass is 35.5. The first-order chi connectivity index (χ1) is 13.7. The van der Waals surface area contributed by atoms with Crippen molar-refractivity contribution in [3.05, 3.63) is 64.1 Å². The van der Waals surface area contributed by atoms with Crippen molar-refractivity contribution in [2.45, 2.75) is 23.7 Å². The molecule has 0 amide bonds. The zero-order valence-corrected chi connectivity index (χ0v) is 17.5. The quantitative estimate of drug-likeness (QED) is 0.288. The molecule has 154 valence electrons. The van der Waals surface area contributed by atoms with Crippen LogP contribution in [0.3, 0.4) is 0 Å². The van der Waals surface area contributed by atoms with E-state index >= 15 is 0 Å². The molecule has 0 radical (unpaired) electrons. The van der Waals surface area contributed by atoms with E-state index < -0.39 is 18.0 Å².